The van der Waals surface area contributed by atoms with E-state index in [1.54, 1.807) is 0 Å². The van der Waals surface area contributed by atoms with Crippen LogP contribution in [0.2, 0.25) is 0 Å². The number of ether oxygens (including phenoxy) is 1. The minimum Gasteiger partial charge on any atom is -0.437 e. The summed E-state index contributed by atoms with van der Waals surface area (Å²) in [6, 6.07) is 3.83. The second-order valence-electron chi connectivity index (χ2n) is 4.36. The lowest BCUT2D eigenvalue weighted by molar-refractivity contribution is 0.447. The highest BCUT2D eigenvalue weighted by Gasteiger charge is 2.13. The monoisotopic (exact) mass is 273 g/mol. The van der Waals surface area contributed by atoms with Crippen molar-refractivity contribution in [1.82, 2.24) is 15.0 Å². The highest BCUT2D eigenvalue weighted by molar-refractivity contribution is 5.49. The molecule has 0 unspecified atom stereocenters. The average Bonchev–Trinajstić information content (AvgIpc) is 2.48. The van der Waals surface area contributed by atoms with E-state index in [0.717, 1.165) is 35.5 Å². The summed E-state index contributed by atoms with van der Waals surface area (Å²) >= 11 is 0. The van der Waals surface area contributed by atoms with Crippen molar-refractivity contribution in [3.63, 3.8) is 0 Å². The van der Waals surface area contributed by atoms with Gasteiger partial charge in [-0.2, -0.15) is 0 Å². The van der Waals surface area contributed by atoms with Gasteiger partial charge < -0.3 is 10.2 Å². The van der Waals surface area contributed by atoms with Crippen LogP contribution in [0.1, 0.15) is 30.8 Å². The molecule has 0 radical (unpaired) electrons. The van der Waals surface area contributed by atoms with Gasteiger partial charge in [-0.25, -0.2) is 15.8 Å². The number of rotatable bonds is 5. The second kappa shape index (κ2) is 6.29. The molecule has 0 fully saturated rings. The van der Waals surface area contributed by atoms with Crippen molar-refractivity contribution in [2.45, 2.75) is 33.6 Å². The van der Waals surface area contributed by atoms with Crippen LogP contribution in [-0.2, 0) is 12.8 Å². The molecule has 20 heavy (non-hydrogen) atoms. The number of hydrogen-bond donors (Lipinski definition) is 2. The first-order valence-corrected chi connectivity index (χ1v) is 6.64. The zero-order valence-corrected chi connectivity index (χ0v) is 12.0. The summed E-state index contributed by atoms with van der Waals surface area (Å²) in [5, 5.41) is 0. The van der Waals surface area contributed by atoms with E-state index in [9.17, 15) is 0 Å². The Morgan fingerprint density at radius 1 is 1.20 bits per heavy atom. The summed E-state index contributed by atoms with van der Waals surface area (Å²) in [7, 11) is 0. The van der Waals surface area contributed by atoms with Crippen molar-refractivity contribution in [1.29, 1.82) is 0 Å². The number of aromatic nitrogens is 3. The second-order valence-corrected chi connectivity index (χ2v) is 4.36. The van der Waals surface area contributed by atoms with Crippen molar-refractivity contribution < 1.29 is 4.74 Å². The van der Waals surface area contributed by atoms with E-state index in [2.05, 4.69) is 20.4 Å². The number of aryl methyl sites for hydroxylation is 2. The van der Waals surface area contributed by atoms with E-state index in [1.807, 2.05) is 32.9 Å². The number of nitrogens with two attached hydrogens (primary N) is 1. The fraction of sp³-hybridized carbons (Fsp3) is 0.357. The van der Waals surface area contributed by atoms with Gasteiger partial charge in [-0.15, -0.1) is 0 Å². The molecule has 0 aliphatic heterocycles. The van der Waals surface area contributed by atoms with E-state index >= 15 is 0 Å². The van der Waals surface area contributed by atoms with Gasteiger partial charge in [0.1, 0.15) is 12.1 Å². The summed E-state index contributed by atoms with van der Waals surface area (Å²) in [5.41, 5.74) is 5.29. The Hall–Kier alpha value is -2.21. The van der Waals surface area contributed by atoms with Crippen LogP contribution in [-0.4, -0.2) is 15.0 Å². The van der Waals surface area contributed by atoms with Crippen LogP contribution in [0.3, 0.4) is 0 Å². The third kappa shape index (κ3) is 2.85. The molecule has 106 valence electrons. The molecule has 0 atom stereocenters. The molecule has 0 amide bonds. The number of hydrogen-bond acceptors (Lipinski definition) is 6. The molecule has 3 N–H and O–H groups in total. The lowest BCUT2D eigenvalue weighted by atomic mass is 10.2. The molecule has 0 spiro atoms. The zero-order chi connectivity index (χ0) is 14.5. The predicted molar refractivity (Wildman–Crippen MR) is 77.6 cm³/mol. The van der Waals surface area contributed by atoms with E-state index < -0.39 is 0 Å². The van der Waals surface area contributed by atoms with Crippen LogP contribution in [0, 0.1) is 6.92 Å². The molecule has 0 saturated carbocycles. The van der Waals surface area contributed by atoms with E-state index in [1.165, 1.54) is 6.33 Å². The Labute approximate surface area is 118 Å². The molecule has 0 aliphatic carbocycles. The summed E-state index contributed by atoms with van der Waals surface area (Å²) in [6.45, 7) is 6.00. The third-order valence-corrected chi connectivity index (χ3v) is 3.01. The molecule has 0 bridgehead atoms. The molecule has 0 aliphatic rings. The minimum atomic E-state index is 0.510. The quantitative estimate of drug-likeness (QED) is 0.642. The molecule has 0 aromatic carbocycles. The van der Waals surface area contributed by atoms with E-state index in [0.29, 0.717) is 11.7 Å². The third-order valence-electron chi connectivity index (χ3n) is 3.01. The standard InChI is InChI=1S/C14H19N5O/c1-4-10-13(19-15)16-8-17-14(10)20-12-7-6-9(3)18-11(12)5-2/h6-8H,4-5,15H2,1-3H3,(H,16,17,19). The number of nitrogen functional groups attached to an aromatic ring is 1. The maximum atomic E-state index is 5.91. The Morgan fingerprint density at radius 2 is 2.00 bits per heavy atom. The van der Waals surface area contributed by atoms with Gasteiger partial charge in [0.2, 0.25) is 5.88 Å². The summed E-state index contributed by atoms with van der Waals surface area (Å²) < 4.78 is 5.91. The molecule has 0 saturated heterocycles. The molecule has 6 nitrogen and oxygen atoms in total. The topological polar surface area (TPSA) is 86.0 Å². The zero-order valence-electron chi connectivity index (χ0n) is 12.0. The first kappa shape index (κ1) is 14.2. The molecule has 2 aromatic rings. The number of nitrogens with one attached hydrogen (secondary N) is 1. The van der Waals surface area contributed by atoms with Gasteiger partial charge in [0, 0.05) is 5.69 Å². The Balaban J connectivity index is 2.39. The van der Waals surface area contributed by atoms with Crippen molar-refractivity contribution in [3.8, 4) is 11.6 Å². The highest BCUT2D eigenvalue weighted by Crippen LogP contribution is 2.29. The van der Waals surface area contributed by atoms with Crippen LogP contribution in [0.15, 0.2) is 18.5 Å². The van der Waals surface area contributed by atoms with Gasteiger partial charge in [-0.05, 0) is 31.9 Å². The Kier molecular flexibility index (Phi) is 4.47. The highest BCUT2D eigenvalue weighted by atomic mass is 16.5. The fourth-order valence-electron chi connectivity index (χ4n) is 1.98. The summed E-state index contributed by atoms with van der Waals surface area (Å²) in [5.74, 6) is 7.26. The fourth-order valence-corrected chi connectivity index (χ4v) is 1.98. The smallest absolute Gasteiger partial charge is 0.227 e. The first-order chi connectivity index (χ1) is 9.69. The van der Waals surface area contributed by atoms with Gasteiger partial charge in [0.25, 0.3) is 0 Å². The van der Waals surface area contributed by atoms with Crippen molar-refractivity contribution >= 4 is 5.82 Å². The van der Waals surface area contributed by atoms with Gasteiger partial charge in [0.15, 0.2) is 5.75 Å². The normalized spacial score (nSPS) is 10.4. The van der Waals surface area contributed by atoms with Gasteiger partial charge in [0.05, 0.1) is 11.3 Å². The molecular formula is C14H19N5O. The molecule has 2 heterocycles. The van der Waals surface area contributed by atoms with Crippen LogP contribution >= 0.6 is 0 Å². The number of nitrogens with zero attached hydrogens (tertiary/aromatic N) is 3. The summed E-state index contributed by atoms with van der Waals surface area (Å²) in [6.07, 6.45) is 2.94. The SMILES string of the molecule is CCc1nc(C)ccc1Oc1ncnc(NN)c1CC. The average molecular weight is 273 g/mol. The maximum absolute atomic E-state index is 5.91. The van der Waals surface area contributed by atoms with E-state index in [4.69, 9.17) is 10.6 Å². The lowest BCUT2D eigenvalue weighted by Crippen LogP contribution is -2.12. The van der Waals surface area contributed by atoms with Gasteiger partial charge in [-0.1, -0.05) is 13.8 Å². The number of anilines is 1. The molecule has 6 heteroatoms. The Morgan fingerprint density at radius 3 is 2.65 bits per heavy atom. The van der Waals surface area contributed by atoms with Gasteiger partial charge >= 0.3 is 0 Å². The Bertz CT molecular complexity index is 600. The van der Waals surface area contributed by atoms with Crippen LogP contribution in [0.4, 0.5) is 5.82 Å². The van der Waals surface area contributed by atoms with E-state index in [-0.39, 0.29) is 0 Å². The summed E-state index contributed by atoms with van der Waals surface area (Å²) in [4.78, 5) is 12.8. The van der Waals surface area contributed by atoms with Crippen molar-refractivity contribution in [2.75, 3.05) is 5.43 Å². The van der Waals surface area contributed by atoms with Crippen LogP contribution < -0.4 is 16.0 Å². The molecule has 2 rings (SSSR count). The minimum absolute atomic E-state index is 0.510. The van der Waals surface area contributed by atoms with Gasteiger partial charge in [-0.3, -0.25) is 4.98 Å². The van der Waals surface area contributed by atoms with Crippen molar-refractivity contribution in [3.05, 3.63) is 35.4 Å². The van der Waals surface area contributed by atoms with Crippen LogP contribution in [0.25, 0.3) is 0 Å². The predicted octanol–water partition coefficient (Wildman–Crippen LogP) is 2.38. The van der Waals surface area contributed by atoms with Crippen molar-refractivity contribution in [2.24, 2.45) is 5.84 Å². The number of hydrazine groups is 1. The maximum Gasteiger partial charge on any atom is 0.227 e. The molecular weight excluding hydrogens is 254 g/mol. The lowest BCUT2D eigenvalue weighted by Gasteiger charge is -2.13. The number of pyridine rings is 1. The first-order valence-electron chi connectivity index (χ1n) is 6.64. The van der Waals surface area contributed by atoms with Crippen LogP contribution in [0.5, 0.6) is 11.6 Å². The molecule has 2 aromatic heterocycles. The largest absolute Gasteiger partial charge is 0.437 e.